The van der Waals surface area contributed by atoms with Crippen LogP contribution in [0, 0.1) is 5.92 Å². The SMILES string of the molecule is CN=C(NCCc1nc(C(C)C)no1)NC1CCN(C(=O)C2CCCCC2)C1. The second-order valence-corrected chi connectivity index (χ2v) is 8.20. The maximum absolute atomic E-state index is 12.7. The van der Waals surface area contributed by atoms with E-state index in [1.54, 1.807) is 7.05 Å². The number of aliphatic imine (C=N–C) groups is 1. The summed E-state index contributed by atoms with van der Waals surface area (Å²) in [5, 5.41) is 10.7. The van der Waals surface area contributed by atoms with Crippen LogP contribution in [0.1, 0.15) is 70.0 Å². The molecule has 2 heterocycles. The summed E-state index contributed by atoms with van der Waals surface area (Å²) < 4.78 is 5.27. The largest absolute Gasteiger partial charge is 0.356 e. The Morgan fingerprint density at radius 1 is 1.29 bits per heavy atom. The Bertz CT molecular complexity index is 665. The summed E-state index contributed by atoms with van der Waals surface area (Å²) in [5.74, 6) is 2.99. The quantitative estimate of drug-likeness (QED) is 0.570. The van der Waals surface area contributed by atoms with Gasteiger partial charge in [0.2, 0.25) is 11.8 Å². The van der Waals surface area contributed by atoms with Crippen molar-refractivity contribution < 1.29 is 9.32 Å². The molecule has 1 aliphatic carbocycles. The van der Waals surface area contributed by atoms with Crippen molar-refractivity contribution in [2.75, 3.05) is 26.7 Å². The lowest BCUT2D eigenvalue weighted by Gasteiger charge is -2.26. The molecule has 28 heavy (non-hydrogen) atoms. The number of carbonyl (C=O) groups is 1. The number of likely N-dealkylation sites (tertiary alicyclic amines) is 1. The highest BCUT2D eigenvalue weighted by molar-refractivity contribution is 5.81. The molecule has 8 heteroatoms. The van der Waals surface area contributed by atoms with Crippen LogP contribution < -0.4 is 10.6 Å². The summed E-state index contributed by atoms with van der Waals surface area (Å²) in [6.07, 6.45) is 7.40. The monoisotopic (exact) mass is 390 g/mol. The van der Waals surface area contributed by atoms with Crippen LogP contribution in [0.5, 0.6) is 0 Å². The van der Waals surface area contributed by atoms with Crippen molar-refractivity contribution in [1.29, 1.82) is 0 Å². The zero-order chi connectivity index (χ0) is 19.9. The molecule has 2 aliphatic rings. The highest BCUT2D eigenvalue weighted by Gasteiger charge is 2.31. The van der Waals surface area contributed by atoms with Crippen molar-refractivity contribution >= 4 is 11.9 Å². The number of guanidine groups is 1. The van der Waals surface area contributed by atoms with Crippen molar-refractivity contribution in [3.8, 4) is 0 Å². The van der Waals surface area contributed by atoms with Crippen molar-refractivity contribution in [2.24, 2.45) is 10.9 Å². The molecule has 1 aliphatic heterocycles. The number of hydrogen-bond donors (Lipinski definition) is 2. The minimum absolute atomic E-state index is 0.245. The first kappa shape index (κ1) is 20.6. The first-order valence-electron chi connectivity index (χ1n) is 10.6. The number of nitrogens with one attached hydrogen (secondary N) is 2. The molecule has 156 valence electrons. The molecule has 1 saturated carbocycles. The number of rotatable bonds is 6. The van der Waals surface area contributed by atoms with Gasteiger partial charge in [0.25, 0.3) is 0 Å². The Morgan fingerprint density at radius 3 is 2.75 bits per heavy atom. The summed E-state index contributed by atoms with van der Waals surface area (Å²) in [4.78, 5) is 23.4. The molecule has 3 rings (SSSR count). The Labute approximate surface area is 167 Å². The summed E-state index contributed by atoms with van der Waals surface area (Å²) >= 11 is 0. The second-order valence-electron chi connectivity index (χ2n) is 8.20. The molecule has 2 fully saturated rings. The van der Waals surface area contributed by atoms with E-state index in [-0.39, 0.29) is 17.9 Å². The van der Waals surface area contributed by atoms with Crippen LogP contribution in [0.15, 0.2) is 9.52 Å². The lowest BCUT2D eigenvalue weighted by atomic mass is 9.88. The molecule has 8 nitrogen and oxygen atoms in total. The van der Waals surface area contributed by atoms with E-state index in [0.29, 0.717) is 24.8 Å². The molecule has 0 bridgehead atoms. The Kier molecular flexibility index (Phi) is 7.28. The standard InChI is InChI=1S/C20H34N6O2/c1-14(2)18-24-17(28-25-18)9-11-22-20(21-3)23-16-10-12-26(13-16)19(27)15-7-5-4-6-8-15/h14-16H,4-13H2,1-3H3,(H2,21,22,23). The maximum atomic E-state index is 12.7. The van der Waals surface area contributed by atoms with Gasteiger partial charge in [0.15, 0.2) is 11.8 Å². The summed E-state index contributed by atoms with van der Waals surface area (Å²) in [6.45, 7) is 6.35. The van der Waals surface area contributed by atoms with E-state index < -0.39 is 0 Å². The van der Waals surface area contributed by atoms with Gasteiger partial charge in [-0.15, -0.1) is 0 Å². The molecule has 1 unspecified atom stereocenters. The molecule has 1 aromatic rings. The predicted molar refractivity (Wildman–Crippen MR) is 108 cm³/mol. The van der Waals surface area contributed by atoms with Crippen molar-refractivity contribution in [3.63, 3.8) is 0 Å². The van der Waals surface area contributed by atoms with Crippen LogP contribution in [0.25, 0.3) is 0 Å². The molecule has 0 radical (unpaired) electrons. The Hall–Kier alpha value is -2.12. The highest BCUT2D eigenvalue weighted by Crippen LogP contribution is 2.26. The minimum atomic E-state index is 0.245. The van der Waals surface area contributed by atoms with Crippen LogP contribution in [-0.2, 0) is 11.2 Å². The van der Waals surface area contributed by atoms with Crippen molar-refractivity contribution in [2.45, 2.75) is 70.8 Å². The number of amides is 1. The van der Waals surface area contributed by atoms with Crippen molar-refractivity contribution in [3.05, 3.63) is 11.7 Å². The van der Waals surface area contributed by atoms with Crippen LogP contribution >= 0.6 is 0 Å². The van der Waals surface area contributed by atoms with E-state index >= 15 is 0 Å². The van der Waals surface area contributed by atoms with Gasteiger partial charge in [0, 0.05) is 51.0 Å². The average molecular weight is 391 g/mol. The second kappa shape index (κ2) is 9.89. The molecular formula is C20H34N6O2. The van der Waals surface area contributed by atoms with Gasteiger partial charge in [0.05, 0.1) is 0 Å². The van der Waals surface area contributed by atoms with Gasteiger partial charge in [0.1, 0.15) is 0 Å². The van der Waals surface area contributed by atoms with E-state index in [2.05, 4.69) is 25.8 Å². The molecule has 1 atom stereocenters. The molecule has 2 N–H and O–H groups in total. The van der Waals surface area contributed by atoms with Gasteiger partial charge in [-0.2, -0.15) is 4.98 Å². The van der Waals surface area contributed by atoms with Gasteiger partial charge in [-0.3, -0.25) is 9.79 Å². The first-order valence-corrected chi connectivity index (χ1v) is 10.6. The maximum Gasteiger partial charge on any atom is 0.228 e. The van der Waals surface area contributed by atoms with Crippen LogP contribution in [-0.4, -0.2) is 59.6 Å². The van der Waals surface area contributed by atoms with Gasteiger partial charge in [-0.25, -0.2) is 0 Å². The zero-order valence-electron chi connectivity index (χ0n) is 17.4. The normalized spacial score (nSPS) is 21.4. The van der Waals surface area contributed by atoms with Crippen LogP contribution in [0.4, 0.5) is 0 Å². The predicted octanol–water partition coefficient (Wildman–Crippen LogP) is 2.08. The zero-order valence-corrected chi connectivity index (χ0v) is 17.4. The van der Waals surface area contributed by atoms with Gasteiger partial charge >= 0.3 is 0 Å². The third kappa shape index (κ3) is 5.45. The fraction of sp³-hybridized carbons (Fsp3) is 0.800. The van der Waals surface area contributed by atoms with E-state index in [1.807, 2.05) is 18.7 Å². The fourth-order valence-corrected chi connectivity index (χ4v) is 3.97. The molecule has 1 aromatic heterocycles. The fourth-order valence-electron chi connectivity index (χ4n) is 3.97. The van der Waals surface area contributed by atoms with Crippen LogP contribution in [0.2, 0.25) is 0 Å². The van der Waals surface area contributed by atoms with Crippen LogP contribution in [0.3, 0.4) is 0 Å². The molecular weight excluding hydrogens is 356 g/mol. The number of carbonyl (C=O) groups excluding carboxylic acids is 1. The number of hydrogen-bond acceptors (Lipinski definition) is 5. The minimum Gasteiger partial charge on any atom is -0.356 e. The third-order valence-electron chi connectivity index (χ3n) is 5.65. The summed E-state index contributed by atoms with van der Waals surface area (Å²) in [6, 6.07) is 0.245. The van der Waals surface area contributed by atoms with Gasteiger partial charge < -0.3 is 20.1 Å². The topological polar surface area (TPSA) is 95.7 Å². The molecule has 0 aromatic carbocycles. The van der Waals surface area contributed by atoms with E-state index in [9.17, 15) is 4.79 Å². The molecule has 1 amide bonds. The highest BCUT2D eigenvalue weighted by atomic mass is 16.5. The van der Waals surface area contributed by atoms with Crippen molar-refractivity contribution in [1.82, 2.24) is 25.7 Å². The summed E-state index contributed by atoms with van der Waals surface area (Å²) in [5.41, 5.74) is 0. The summed E-state index contributed by atoms with van der Waals surface area (Å²) in [7, 11) is 1.76. The Balaban J connectivity index is 1.40. The van der Waals surface area contributed by atoms with Gasteiger partial charge in [-0.1, -0.05) is 38.3 Å². The number of nitrogens with zero attached hydrogens (tertiary/aromatic N) is 4. The third-order valence-corrected chi connectivity index (χ3v) is 5.65. The lowest BCUT2D eigenvalue weighted by molar-refractivity contribution is -0.135. The lowest BCUT2D eigenvalue weighted by Crippen LogP contribution is -2.46. The van der Waals surface area contributed by atoms with E-state index in [1.165, 1.54) is 19.3 Å². The Morgan fingerprint density at radius 2 is 2.07 bits per heavy atom. The average Bonchev–Trinajstić information content (AvgIpc) is 3.37. The molecule has 0 spiro atoms. The van der Waals surface area contributed by atoms with E-state index in [4.69, 9.17) is 4.52 Å². The first-order chi connectivity index (χ1) is 13.6. The molecule has 1 saturated heterocycles. The van der Waals surface area contributed by atoms with E-state index in [0.717, 1.165) is 44.1 Å². The van der Waals surface area contributed by atoms with Gasteiger partial charge in [-0.05, 0) is 19.3 Å². The smallest absolute Gasteiger partial charge is 0.228 e. The number of aromatic nitrogens is 2.